The number of benzene rings is 1. The van der Waals surface area contributed by atoms with Gasteiger partial charge in [-0.2, -0.15) is 0 Å². The van der Waals surface area contributed by atoms with Crippen LogP contribution in [-0.4, -0.2) is 12.6 Å². The smallest absolute Gasteiger partial charge is 0.0765 e. The fourth-order valence-corrected chi connectivity index (χ4v) is 1.27. The van der Waals surface area contributed by atoms with Crippen molar-refractivity contribution in [3.8, 4) is 0 Å². The van der Waals surface area contributed by atoms with Crippen LogP contribution in [-0.2, 0) is 11.3 Å². The van der Waals surface area contributed by atoms with Gasteiger partial charge in [-0.15, -0.1) is 0 Å². The molecule has 0 amide bonds. The first-order chi connectivity index (χ1) is 6.83. The average molecular weight is 192 g/mol. The molecule has 77 valence electrons. The van der Waals surface area contributed by atoms with Gasteiger partial charge in [0.2, 0.25) is 0 Å². The van der Waals surface area contributed by atoms with E-state index in [0.717, 1.165) is 12.8 Å². The Morgan fingerprint density at radius 2 is 2.07 bits per heavy atom. The first-order valence-corrected chi connectivity index (χ1v) is 5.04. The Labute approximate surface area is 86.2 Å². The van der Waals surface area contributed by atoms with Crippen molar-refractivity contribution in [3.63, 3.8) is 0 Å². The van der Waals surface area contributed by atoms with Gasteiger partial charge in [0.25, 0.3) is 0 Å². The van der Waals surface area contributed by atoms with Crippen molar-refractivity contribution >= 4 is 0 Å². The maximum absolute atomic E-state index is 5.30. The van der Waals surface area contributed by atoms with Crippen LogP contribution in [0.25, 0.3) is 0 Å². The van der Waals surface area contributed by atoms with Gasteiger partial charge in [-0.25, -0.2) is 5.48 Å². The molecule has 0 saturated carbocycles. The van der Waals surface area contributed by atoms with Crippen molar-refractivity contribution in [1.82, 2.24) is 5.48 Å². The first kappa shape index (κ1) is 11.2. The van der Waals surface area contributed by atoms with Crippen LogP contribution in [0.2, 0.25) is 0 Å². The molecule has 0 fully saturated rings. The molecule has 0 aliphatic rings. The molecule has 14 heavy (non-hydrogen) atoms. The van der Waals surface area contributed by atoms with Crippen LogP contribution in [0.4, 0.5) is 0 Å². The Balaban J connectivity index is 2.20. The first-order valence-electron chi connectivity index (χ1n) is 5.04. The Bertz CT molecular complexity index is 235. The molecule has 1 atom stereocenters. The summed E-state index contributed by atoms with van der Waals surface area (Å²) in [6.07, 6.45) is 2.31. The molecule has 1 N–H and O–H groups in total. The second-order valence-corrected chi connectivity index (χ2v) is 3.35. The van der Waals surface area contributed by atoms with E-state index in [1.165, 1.54) is 5.56 Å². The Morgan fingerprint density at radius 3 is 2.71 bits per heavy atom. The molecule has 2 heteroatoms. The minimum atomic E-state index is 0.233. The lowest BCUT2D eigenvalue weighted by Crippen LogP contribution is -2.21. The van der Waals surface area contributed by atoms with Crippen molar-refractivity contribution in [3.05, 3.63) is 42.8 Å². The van der Waals surface area contributed by atoms with Crippen LogP contribution >= 0.6 is 0 Å². The van der Waals surface area contributed by atoms with Gasteiger partial charge in [-0.3, -0.25) is 4.84 Å². The van der Waals surface area contributed by atoms with Gasteiger partial charge in [0.05, 0.1) is 6.10 Å². The third-order valence-corrected chi connectivity index (χ3v) is 2.07. The zero-order chi connectivity index (χ0) is 10.2. The topological polar surface area (TPSA) is 21.3 Å². The second-order valence-electron chi connectivity index (χ2n) is 3.35. The molecule has 0 aromatic heterocycles. The van der Waals surface area contributed by atoms with E-state index in [4.69, 9.17) is 4.84 Å². The second kappa shape index (κ2) is 6.57. The number of aryl methyl sites for hydroxylation is 1. The zero-order valence-electron chi connectivity index (χ0n) is 8.70. The lowest BCUT2D eigenvalue weighted by molar-refractivity contribution is -0.0130. The SMILES string of the molecule is [CH2]CNOC(C)CCc1ccccc1. The molecular formula is C12H18NO. The monoisotopic (exact) mass is 192 g/mol. The maximum Gasteiger partial charge on any atom is 0.0765 e. The van der Waals surface area contributed by atoms with Gasteiger partial charge >= 0.3 is 0 Å². The highest BCUT2D eigenvalue weighted by Gasteiger charge is 2.01. The van der Waals surface area contributed by atoms with Gasteiger partial charge in [-0.05, 0) is 32.3 Å². The van der Waals surface area contributed by atoms with E-state index in [1.807, 2.05) is 6.07 Å². The highest BCUT2D eigenvalue weighted by atomic mass is 16.7. The summed E-state index contributed by atoms with van der Waals surface area (Å²) >= 11 is 0. The number of hydroxylamine groups is 1. The van der Waals surface area contributed by atoms with Crippen LogP contribution in [0.15, 0.2) is 30.3 Å². The fraction of sp³-hybridized carbons (Fsp3) is 0.417. The number of hydrogen-bond donors (Lipinski definition) is 1. The fourth-order valence-electron chi connectivity index (χ4n) is 1.27. The predicted octanol–water partition coefficient (Wildman–Crippen LogP) is 2.36. The minimum Gasteiger partial charge on any atom is -0.299 e. The van der Waals surface area contributed by atoms with Gasteiger partial charge in [-0.1, -0.05) is 30.3 Å². The summed E-state index contributed by atoms with van der Waals surface area (Å²) < 4.78 is 0. The maximum atomic E-state index is 5.30. The molecular weight excluding hydrogens is 174 g/mol. The number of rotatable bonds is 6. The number of nitrogens with one attached hydrogen (secondary N) is 1. The van der Waals surface area contributed by atoms with Crippen molar-refractivity contribution < 1.29 is 4.84 Å². The van der Waals surface area contributed by atoms with E-state index in [0.29, 0.717) is 6.54 Å². The summed E-state index contributed by atoms with van der Waals surface area (Å²) in [4.78, 5) is 5.30. The van der Waals surface area contributed by atoms with Crippen LogP contribution in [0.5, 0.6) is 0 Å². The van der Waals surface area contributed by atoms with Gasteiger partial charge in [0.1, 0.15) is 0 Å². The normalized spacial score (nSPS) is 12.7. The molecule has 0 saturated heterocycles. The third-order valence-electron chi connectivity index (χ3n) is 2.07. The molecule has 0 aliphatic carbocycles. The van der Waals surface area contributed by atoms with Crippen LogP contribution in [0, 0.1) is 6.92 Å². The van der Waals surface area contributed by atoms with E-state index in [1.54, 1.807) is 0 Å². The third kappa shape index (κ3) is 4.40. The Morgan fingerprint density at radius 1 is 1.36 bits per heavy atom. The van der Waals surface area contributed by atoms with Crippen LogP contribution < -0.4 is 5.48 Å². The predicted molar refractivity (Wildman–Crippen MR) is 58.7 cm³/mol. The molecule has 1 rings (SSSR count). The largest absolute Gasteiger partial charge is 0.299 e. The van der Waals surface area contributed by atoms with Crippen molar-refractivity contribution in [2.24, 2.45) is 0 Å². The summed E-state index contributed by atoms with van der Waals surface area (Å²) in [6.45, 7) is 6.31. The molecule has 1 aromatic rings. The van der Waals surface area contributed by atoms with Gasteiger partial charge in [0.15, 0.2) is 0 Å². The Hall–Kier alpha value is -0.860. The molecule has 1 unspecified atom stereocenters. The summed E-state index contributed by atoms with van der Waals surface area (Å²) in [5, 5.41) is 0. The van der Waals surface area contributed by atoms with Crippen LogP contribution in [0.3, 0.4) is 0 Å². The lowest BCUT2D eigenvalue weighted by Gasteiger charge is -2.12. The molecule has 0 aliphatic heterocycles. The van der Waals surface area contributed by atoms with E-state index in [9.17, 15) is 0 Å². The quantitative estimate of drug-likeness (QED) is 0.699. The molecule has 2 nitrogen and oxygen atoms in total. The van der Waals surface area contributed by atoms with Crippen molar-refractivity contribution in [2.45, 2.75) is 25.9 Å². The number of hydrogen-bond acceptors (Lipinski definition) is 2. The van der Waals surface area contributed by atoms with E-state index < -0.39 is 0 Å². The van der Waals surface area contributed by atoms with Gasteiger partial charge < -0.3 is 0 Å². The highest BCUT2D eigenvalue weighted by Crippen LogP contribution is 2.05. The molecule has 1 radical (unpaired) electrons. The average Bonchev–Trinajstić information content (AvgIpc) is 2.25. The lowest BCUT2D eigenvalue weighted by atomic mass is 10.1. The molecule has 0 spiro atoms. The highest BCUT2D eigenvalue weighted by molar-refractivity contribution is 5.14. The Kier molecular flexibility index (Phi) is 5.27. The summed E-state index contributed by atoms with van der Waals surface area (Å²) in [6, 6.07) is 10.4. The van der Waals surface area contributed by atoms with Crippen molar-refractivity contribution in [1.29, 1.82) is 0 Å². The van der Waals surface area contributed by atoms with Crippen molar-refractivity contribution in [2.75, 3.05) is 6.54 Å². The molecule has 0 bridgehead atoms. The van der Waals surface area contributed by atoms with E-state index in [2.05, 4.69) is 43.6 Å². The summed E-state index contributed by atoms with van der Waals surface area (Å²) in [5.41, 5.74) is 4.13. The molecule has 0 heterocycles. The van der Waals surface area contributed by atoms with Gasteiger partial charge in [0, 0.05) is 6.54 Å². The standard InChI is InChI=1S/C12H18NO/c1-3-13-14-11(2)9-10-12-7-5-4-6-8-12/h4-8,11,13H,1,3,9-10H2,2H3. The van der Waals surface area contributed by atoms with E-state index >= 15 is 0 Å². The minimum absolute atomic E-state index is 0.233. The van der Waals surface area contributed by atoms with E-state index in [-0.39, 0.29) is 6.10 Å². The summed E-state index contributed by atoms with van der Waals surface area (Å²) in [5.74, 6) is 0. The molecule has 1 aromatic carbocycles. The summed E-state index contributed by atoms with van der Waals surface area (Å²) in [7, 11) is 0. The van der Waals surface area contributed by atoms with Crippen LogP contribution in [0.1, 0.15) is 18.9 Å². The zero-order valence-corrected chi connectivity index (χ0v) is 8.70.